The predicted molar refractivity (Wildman–Crippen MR) is 78.2 cm³/mol. The minimum atomic E-state index is -1.24. The van der Waals surface area contributed by atoms with E-state index in [2.05, 4.69) is 9.97 Å². The summed E-state index contributed by atoms with van der Waals surface area (Å²) in [4.78, 5) is 19.3. The Morgan fingerprint density at radius 2 is 1.91 bits per heavy atom. The van der Waals surface area contributed by atoms with Crippen LogP contribution in [-0.2, 0) is 0 Å². The Kier molecular flexibility index (Phi) is 3.36. The zero-order valence-electron chi connectivity index (χ0n) is 12.0. The third kappa shape index (κ3) is 2.43. The molecule has 0 radical (unpaired) electrons. The Bertz CT molecular complexity index is 854. The largest absolute Gasteiger partial charge is 0.474 e. The van der Waals surface area contributed by atoms with Gasteiger partial charge in [0, 0.05) is 5.56 Å². The third-order valence-electron chi connectivity index (χ3n) is 3.34. The van der Waals surface area contributed by atoms with Crippen LogP contribution in [-0.4, -0.2) is 21.0 Å². The van der Waals surface area contributed by atoms with Gasteiger partial charge < -0.3 is 9.52 Å². The van der Waals surface area contributed by atoms with Crippen molar-refractivity contribution < 1.29 is 18.7 Å². The molecule has 3 aromatic rings. The molecular formula is C16H13FN2O3. The van der Waals surface area contributed by atoms with E-state index in [1.54, 1.807) is 12.1 Å². The molecule has 0 amide bonds. The Hall–Kier alpha value is -2.76. The molecule has 0 saturated carbocycles. The van der Waals surface area contributed by atoms with E-state index in [9.17, 15) is 9.18 Å². The Morgan fingerprint density at radius 1 is 1.23 bits per heavy atom. The lowest BCUT2D eigenvalue weighted by atomic mass is 10.0. The summed E-state index contributed by atoms with van der Waals surface area (Å²) in [5.41, 5.74) is 2.75. The molecule has 0 saturated heterocycles. The fourth-order valence-electron chi connectivity index (χ4n) is 2.23. The number of carbonyl (C=O) groups is 1. The van der Waals surface area contributed by atoms with Crippen molar-refractivity contribution in [2.45, 2.75) is 19.8 Å². The van der Waals surface area contributed by atoms with E-state index >= 15 is 0 Å². The molecule has 1 aromatic carbocycles. The number of carboxylic acid groups (broad SMARTS) is 1. The maximum absolute atomic E-state index is 13.0. The summed E-state index contributed by atoms with van der Waals surface area (Å²) in [5, 5.41) is 9.01. The fraction of sp³-hybridized carbons (Fsp3) is 0.188. The summed E-state index contributed by atoms with van der Waals surface area (Å²) in [6.45, 7) is 3.94. The van der Waals surface area contributed by atoms with Crippen molar-refractivity contribution in [2.75, 3.05) is 0 Å². The number of hydrogen-bond donors (Lipinski definition) is 1. The number of rotatable bonds is 3. The van der Waals surface area contributed by atoms with Crippen molar-refractivity contribution in [1.82, 2.24) is 9.97 Å². The van der Waals surface area contributed by atoms with Crippen molar-refractivity contribution in [2.24, 2.45) is 0 Å². The number of oxazole rings is 1. The quantitative estimate of drug-likeness (QED) is 0.795. The van der Waals surface area contributed by atoms with Gasteiger partial charge in [-0.1, -0.05) is 13.8 Å². The van der Waals surface area contributed by atoms with E-state index in [0.717, 1.165) is 11.1 Å². The molecule has 2 aromatic heterocycles. The summed E-state index contributed by atoms with van der Waals surface area (Å²) in [7, 11) is 0. The number of aromatic carboxylic acids is 1. The van der Waals surface area contributed by atoms with Crippen molar-refractivity contribution in [3.63, 3.8) is 0 Å². The van der Waals surface area contributed by atoms with Crippen LogP contribution in [0.1, 0.15) is 36.0 Å². The maximum Gasteiger partial charge on any atom is 0.392 e. The van der Waals surface area contributed by atoms with Gasteiger partial charge in [0.05, 0.1) is 5.69 Å². The van der Waals surface area contributed by atoms with E-state index in [1.807, 2.05) is 19.9 Å². The van der Waals surface area contributed by atoms with Gasteiger partial charge in [0.1, 0.15) is 11.3 Å². The zero-order chi connectivity index (χ0) is 15.9. The number of halogens is 1. The van der Waals surface area contributed by atoms with Crippen molar-refractivity contribution >= 4 is 17.2 Å². The first-order valence-electron chi connectivity index (χ1n) is 6.76. The average molecular weight is 300 g/mol. The molecule has 22 heavy (non-hydrogen) atoms. The summed E-state index contributed by atoms with van der Waals surface area (Å²) >= 11 is 0. The van der Waals surface area contributed by atoms with Crippen molar-refractivity contribution in [1.29, 1.82) is 0 Å². The average Bonchev–Trinajstić information content (AvgIpc) is 2.91. The van der Waals surface area contributed by atoms with Gasteiger partial charge >= 0.3 is 11.9 Å². The van der Waals surface area contributed by atoms with E-state index < -0.39 is 5.97 Å². The monoisotopic (exact) mass is 300 g/mol. The molecule has 0 aliphatic rings. The predicted octanol–water partition coefficient (Wildman–Crippen LogP) is 3.85. The van der Waals surface area contributed by atoms with Crippen LogP contribution in [0.5, 0.6) is 0 Å². The fourth-order valence-corrected chi connectivity index (χ4v) is 2.23. The van der Waals surface area contributed by atoms with Crippen LogP contribution in [0, 0.1) is 5.82 Å². The summed E-state index contributed by atoms with van der Waals surface area (Å²) in [6.07, 6.45) is 0. The van der Waals surface area contributed by atoms with E-state index in [-0.39, 0.29) is 23.3 Å². The second kappa shape index (κ2) is 5.22. The van der Waals surface area contributed by atoms with Crippen LogP contribution in [0.25, 0.3) is 22.5 Å². The van der Waals surface area contributed by atoms with Crippen LogP contribution >= 0.6 is 0 Å². The van der Waals surface area contributed by atoms with Crippen LogP contribution in [0.4, 0.5) is 4.39 Å². The number of nitrogens with zero attached hydrogens (tertiary/aromatic N) is 2. The molecule has 112 valence electrons. The highest BCUT2D eigenvalue weighted by Gasteiger charge is 2.19. The molecule has 0 spiro atoms. The standard InChI is InChI=1S/C16H13FN2O3/c1-8(2)11-7-12(9-3-5-10(17)6-4-9)18-14-13(11)19-15(22-14)16(20)21/h3-8H,1-2H3,(H,20,21). The number of hydrogen-bond acceptors (Lipinski definition) is 4. The van der Waals surface area contributed by atoms with Gasteiger partial charge in [-0.15, -0.1) is 0 Å². The van der Waals surface area contributed by atoms with Gasteiger partial charge in [-0.25, -0.2) is 19.2 Å². The SMILES string of the molecule is CC(C)c1cc(-c2ccc(F)cc2)nc2oc(C(=O)O)nc12. The second-order valence-electron chi connectivity index (χ2n) is 5.24. The molecule has 0 bridgehead atoms. The van der Waals surface area contributed by atoms with Crippen LogP contribution < -0.4 is 0 Å². The van der Waals surface area contributed by atoms with Gasteiger partial charge in [-0.3, -0.25) is 0 Å². The Labute approximate surface area is 125 Å². The number of pyridine rings is 1. The van der Waals surface area contributed by atoms with Crippen LogP contribution in [0.15, 0.2) is 34.7 Å². The lowest BCUT2D eigenvalue weighted by Crippen LogP contribution is -1.96. The molecule has 1 N–H and O–H groups in total. The minimum Gasteiger partial charge on any atom is -0.474 e. The summed E-state index contributed by atoms with van der Waals surface area (Å²) in [5.74, 6) is -1.85. The number of benzene rings is 1. The van der Waals surface area contributed by atoms with Gasteiger partial charge in [0.25, 0.3) is 0 Å². The topological polar surface area (TPSA) is 76.2 Å². The van der Waals surface area contributed by atoms with E-state index in [1.165, 1.54) is 12.1 Å². The molecular weight excluding hydrogens is 287 g/mol. The van der Waals surface area contributed by atoms with Gasteiger partial charge in [-0.05, 0) is 41.8 Å². The zero-order valence-corrected chi connectivity index (χ0v) is 12.0. The first-order valence-corrected chi connectivity index (χ1v) is 6.76. The highest BCUT2D eigenvalue weighted by atomic mass is 19.1. The van der Waals surface area contributed by atoms with Crippen molar-refractivity contribution in [3.05, 3.63) is 47.6 Å². The molecule has 3 rings (SSSR count). The summed E-state index contributed by atoms with van der Waals surface area (Å²) < 4.78 is 18.3. The molecule has 0 aliphatic carbocycles. The first-order chi connectivity index (χ1) is 10.5. The Morgan fingerprint density at radius 3 is 2.50 bits per heavy atom. The lowest BCUT2D eigenvalue weighted by Gasteiger charge is -2.08. The third-order valence-corrected chi connectivity index (χ3v) is 3.34. The van der Waals surface area contributed by atoms with Crippen molar-refractivity contribution in [3.8, 4) is 11.3 Å². The van der Waals surface area contributed by atoms with E-state index in [4.69, 9.17) is 9.52 Å². The smallest absolute Gasteiger partial charge is 0.392 e. The molecule has 0 aliphatic heterocycles. The van der Waals surface area contributed by atoms with Gasteiger partial charge in [-0.2, -0.15) is 0 Å². The minimum absolute atomic E-state index is 0.108. The molecule has 0 unspecified atom stereocenters. The molecule has 6 heteroatoms. The van der Waals surface area contributed by atoms with E-state index in [0.29, 0.717) is 11.2 Å². The van der Waals surface area contributed by atoms with Crippen LogP contribution in [0.3, 0.4) is 0 Å². The molecule has 2 heterocycles. The molecule has 0 fully saturated rings. The normalized spacial score (nSPS) is 11.3. The molecule has 5 nitrogen and oxygen atoms in total. The maximum atomic E-state index is 13.0. The highest BCUT2D eigenvalue weighted by molar-refractivity contribution is 5.87. The van der Waals surface area contributed by atoms with Gasteiger partial charge in [0.15, 0.2) is 0 Å². The van der Waals surface area contributed by atoms with Gasteiger partial charge in [0.2, 0.25) is 5.71 Å². The molecule has 0 atom stereocenters. The van der Waals surface area contributed by atoms with Crippen LogP contribution in [0.2, 0.25) is 0 Å². The Balaban J connectivity index is 2.24. The number of fused-ring (bicyclic) bond motifs is 1. The number of aromatic nitrogens is 2. The first kappa shape index (κ1) is 14.2. The number of carboxylic acids is 1. The second-order valence-corrected chi connectivity index (χ2v) is 5.24. The highest BCUT2D eigenvalue weighted by Crippen LogP contribution is 2.29. The summed E-state index contributed by atoms with van der Waals surface area (Å²) in [6, 6.07) is 7.75. The lowest BCUT2D eigenvalue weighted by molar-refractivity contribution is 0.0656.